The first kappa shape index (κ1) is 23.4. The van der Waals surface area contributed by atoms with E-state index in [1.165, 1.54) is 6.33 Å². The zero-order valence-corrected chi connectivity index (χ0v) is 19.2. The first-order valence-electron chi connectivity index (χ1n) is 9.04. The van der Waals surface area contributed by atoms with Crippen LogP contribution in [-0.2, 0) is 18.3 Å². The molecule has 1 aromatic heterocycles. The van der Waals surface area contributed by atoms with E-state index in [0.29, 0.717) is 12.5 Å². The minimum absolute atomic E-state index is 0. The quantitative estimate of drug-likeness (QED) is 0.377. The number of nitrogens with one attached hydrogen (secondary N) is 2. The summed E-state index contributed by atoms with van der Waals surface area (Å²) in [5, 5.41) is 10.6. The van der Waals surface area contributed by atoms with Crippen LogP contribution in [0.15, 0.2) is 11.3 Å². The van der Waals surface area contributed by atoms with Crippen molar-refractivity contribution in [2.75, 3.05) is 26.7 Å². The number of amides is 1. The number of rotatable bonds is 4. The van der Waals surface area contributed by atoms with Crippen LogP contribution in [0.3, 0.4) is 0 Å². The van der Waals surface area contributed by atoms with Gasteiger partial charge in [-0.05, 0) is 39.5 Å². The van der Waals surface area contributed by atoms with Crippen molar-refractivity contribution in [3.63, 3.8) is 0 Å². The van der Waals surface area contributed by atoms with Gasteiger partial charge in [0.25, 0.3) is 0 Å². The van der Waals surface area contributed by atoms with Gasteiger partial charge in [-0.15, -0.1) is 24.0 Å². The average molecular weight is 493 g/mol. The molecule has 1 saturated heterocycles. The molecule has 1 fully saturated rings. The molecule has 0 spiro atoms. The molecule has 9 nitrogen and oxygen atoms in total. The number of aromatic nitrogens is 3. The Balaban J connectivity index is 0.00000364. The molecular weight excluding hydrogens is 461 g/mol. The highest BCUT2D eigenvalue weighted by molar-refractivity contribution is 14.0. The minimum atomic E-state index is -0.448. The molecular formula is C17H32IN7O2. The molecule has 2 heterocycles. The van der Waals surface area contributed by atoms with Crippen LogP contribution in [0.5, 0.6) is 0 Å². The van der Waals surface area contributed by atoms with E-state index < -0.39 is 5.60 Å². The van der Waals surface area contributed by atoms with Crippen molar-refractivity contribution in [1.82, 2.24) is 30.3 Å². The summed E-state index contributed by atoms with van der Waals surface area (Å²) in [7, 11) is 3.61. The lowest BCUT2D eigenvalue weighted by atomic mass is 9.97. The first-order chi connectivity index (χ1) is 12.3. The number of carbonyl (C=O) groups excluding carboxylic acids is 1. The molecule has 1 amide bonds. The van der Waals surface area contributed by atoms with E-state index in [2.05, 4.69) is 25.7 Å². The van der Waals surface area contributed by atoms with Gasteiger partial charge in [0, 0.05) is 33.7 Å². The topological polar surface area (TPSA) is 96.7 Å². The first-order valence-corrected chi connectivity index (χ1v) is 9.04. The van der Waals surface area contributed by atoms with Crippen molar-refractivity contribution in [3.8, 4) is 0 Å². The normalized spacial score (nSPS) is 15.9. The Morgan fingerprint density at radius 1 is 1.33 bits per heavy atom. The lowest BCUT2D eigenvalue weighted by Crippen LogP contribution is -2.45. The third-order valence-electron chi connectivity index (χ3n) is 4.27. The van der Waals surface area contributed by atoms with E-state index in [0.717, 1.165) is 44.3 Å². The van der Waals surface area contributed by atoms with E-state index in [-0.39, 0.29) is 30.1 Å². The van der Waals surface area contributed by atoms with Crippen molar-refractivity contribution in [2.24, 2.45) is 18.0 Å². The number of carbonyl (C=O) groups is 1. The van der Waals surface area contributed by atoms with Gasteiger partial charge in [0.1, 0.15) is 17.8 Å². The van der Waals surface area contributed by atoms with Crippen molar-refractivity contribution < 1.29 is 9.53 Å². The number of hydrogen-bond acceptors (Lipinski definition) is 5. The number of aryl methyl sites for hydroxylation is 1. The summed E-state index contributed by atoms with van der Waals surface area (Å²) >= 11 is 0. The highest BCUT2D eigenvalue weighted by Crippen LogP contribution is 2.19. The van der Waals surface area contributed by atoms with Crippen LogP contribution < -0.4 is 10.6 Å². The second-order valence-corrected chi connectivity index (χ2v) is 7.52. The maximum atomic E-state index is 12.1. The molecule has 0 bridgehead atoms. The standard InChI is InChI=1S/C17H31N7O2.HI/c1-17(2,3)26-16(25)24-8-6-13(7-9-24)10-19-15(18-4)20-11-14-21-12-22-23(14)5;/h12-13H,6-11H2,1-5H3,(H2,18,19,20);1H. The summed E-state index contributed by atoms with van der Waals surface area (Å²) in [6, 6.07) is 0. The predicted molar refractivity (Wildman–Crippen MR) is 115 cm³/mol. The van der Waals surface area contributed by atoms with Crippen LogP contribution in [0.1, 0.15) is 39.4 Å². The molecule has 2 N–H and O–H groups in total. The summed E-state index contributed by atoms with van der Waals surface area (Å²) in [6.45, 7) is 8.51. The number of guanidine groups is 1. The van der Waals surface area contributed by atoms with Crippen molar-refractivity contribution in [2.45, 2.75) is 45.8 Å². The zero-order chi connectivity index (χ0) is 19.2. The molecule has 154 valence electrons. The molecule has 27 heavy (non-hydrogen) atoms. The molecule has 2 rings (SSSR count). The summed E-state index contributed by atoms with van der Waals surface area (Å²) < 4.78 is 7.16. The Morgan fingerprint density at radius 2 is 2.00 bits per heavy atom. The number of piperidine rings is 1. The molecule has 0 radical (unpaired) electrons. The third-order valence-corrected chi connectivity index (χ3v) is 4.27. The van der Waals surface area contributed by atoms with E-state index in [4.69, 9.17) is 4.74 Å². The number of nitrogens with zero attached hydrogens (tertiary/aromatic N) is 5. The lowest BCUT2D eigenvalue weighted by molar-refractivity contribution is 0.0185. The number of aliphatic imine (C=N–C) groups is 1. The van der Waals surface area contributed by atoms with Gasteiger partial charge < -0.3 is 20.3 Å². The highest BCUT2D eigenvalue weighted by Gasteiger charge is 2.26. The van der Waals surface area contributed by atoms with Gasteiger partial charge in [-0.2, -0.15) is 5.10 Å². The molecule has 1 aliphatic heterocycles. The average Bonchev–Trinajstić information content (AvgIpc) is 2.99. The van der Waals surface area contributed by atoms with Crippen LogP contribution >= 0.6 is 24.0 Å². The molecule has 1 aliphatic rings. The van der Waals surface area contributed by atoms with Crippen LogP contribution in [0, 0.1) is 5.92 Å². The number of ether oxygens (including phenoxy) is 1. The van der Waals surface area contributed by atoms with Crippen LogP contribution in [0.2, 0.25) is 0 Å². The molecule has 0 atom stereocenters. The van der Waals surface area contributed by atoms with Crippen LogP contribution in [-0.4, -0.2) is 64.0 Å². The Bertz CT molecular complexity index is 619. The Morgan fingerprint density at radius 3 is 2.52 bits per heavy atom. The number of hydrogen-bond donors (Lipinski definition) is 2. The van der Waals surface area contributed by atoms with Gasteiger partial charge in [-0.25, -0.2) is 9.78 Å². The van der Waals surface area contributed by atoms with Gasteiger partial charge in [0.15, 0.2) is 5.96 Å². The fraction of sp³-hybridized carbons (Fsp3) is 0.765. The second kappa shape index (κ2) is 10.7. The SMILES string of the molecule is CN=C(NCc1ncnn1C)NCC1CCN(C(=O)OC(C)(C)C)CC1.I. The monoisotopic (exact) mass is 493 g/mol. The summed E-state index contributed by atoms with van der Waals surface area (Å²) in [5.74, 6) is 2.09. The largest absolute Gasteiger partial charge is 0.444 e. The maximum Gasteiger partial charge on any atom is 0.410 e. The van der Waals surface area contributed by atoms with Gasteiger partial charge in [-0.3, -0.25) is 9.67 Å². The third kappa shape index (κ3) is 7.89. The Kier molecular flexibility index (Phi) is 9.27. The van der Waals surface area contributed by atoms with Crippen LogP contribution in [0.25, 0.3) is 0 Å². The van der Waals surface area contributed by atoms with Gasteiger partial charge in [-0.1, -0.05) is 0 Å². The van der Waals surface area contributed by atoms with E-state index in [1.807, 2.05) is 27.8 Å². The Labute approximate surface area is 178 Å². The second-order valence-electron chi connectivity index (χ2n) is 7.52. The maximum absolute atomic E-state index is 12.1. The van der Waals surface area contributed by atoms with E-state index in [1.54, 1.807) is 16.6 Å². The fourth-order valence-electron chi connectivity index (χ4n) is 2.75. The van der Waals surface area contributed by atoms with Crippen molar-refractivity contribution in [3.05, 3.63) is 12.2 Å². The highest BCUT2D eigenvalue weighted by atomic mass is 127. The fourth-order valence-corrected chi connectivity index (χ4v) is 2.75. The van der Waals surface area contributed by atoms with Gasteiger partial charge in [0.05, 0.1) is 6.54 Å². The summed E-state index contributed by atoms with van der Waals surface area (Å²) in [6.07, 6.45) is 3.22. The summed E-state index contributed by atoms with van der Waals surface area (Å²) in [4.78, 5) is 22.3. The molecule has 10 heteroatoms. The smallest absolute Gasteiger partial charge is 0.410 e. The minimum Gasteiger partial charge on any atom is -0.444 e. The molecule has 0 aliphatic carbocycles. The molecule has 0 aromatic carbocycles. The van der Waals surface area contributed by atoms with Crippen molar-refractivity contribution in [1.29, 1.82) is 0 Å². The summed E-state index contributed by atoms with van der Waals surface area (Å²) in [5.41, 5.74) is -0.448. The molecule has 0 unspecified atom stereocenters. The predicted octanol–water partition coefficient (Wildman–Crippen LogP) is 1.75. The van der Waals surface area contributed by atoms with Gasteiger partial charge >= 0.3 is 6.09 Å². The zero-order valence-electron chi connectivity index (χ0n) is 16.9. The van der Waals surface area contributed by atoms with Gasteiger partial charge in [0.2, 0.25) is 0 Å². The lowest BCUT2D eigenvalue weighted by Gasteiger charge is -2.33. The number of likely N-dealkylation sites (tertiary alicyclic amines) is 1. The molecule has 1 aromatic rings. The Hall–Kier alpha value is -1.59. The van der Waals surface area contributed by atoms with Crippen LogP contribution in [0.4, 0.5) is 4.79 Å². The van der Waals surface area contributed by atoms with E-state index in [9.17, 15) is 4.79 Å². The van der Waals surface area contributed by atoms with E-state index >= 15 is 0 Å². The van der Waals surface area contributed by atoms with Crippen molar-refractivity contribution >= 4 is 36.0 Å². The number of halogens is 1. The molecule has 0 saturated carbocycles.